The van der Waals surface area contributed by atoms with Gasteiger partial charge in [0.05, 0.1) is 19.2 Å². The second kappa shape index (κ2) is 11.9. The van der Waals surface area contributed by atoms with Gasteiger partial charge in [0, 0.05) is 27.7 Å². The number of hydrogen-bond donors (Lipinski definition) is 2. The van der Waals surface area contributed by atoms with Crippen molar-refractivity contribution in [2.45, 2.75) is 58.1 Å². The molecule has 1 unspecified atom stereocenters. The zero-order valence-corrected chi connectivity index (χ0v) is 18.3. The van der Waals surface area contributed by atoms with Crippen LogP contribution >= 0.6 is 0 Å². The fourth-order valence-corrected chi connectivity index (χ4v) is 3.04. The van der Waals surface area contributed by atoms with E-state index in [1.165, 1.54) is 13.0 Å². The van der Waals surface area contributed by atoms with E-state index >= 15 is 0 Å². The van der Waals surface area contributed by atoms with Crippen LogP contribution in [0.25, 0.3) is 0 Å². The summed E-state index contributed by atoms with van der Waals surface area (Å²) in [4.78, 5) is 58.8. The Morgan fingerprint density at radius 1 is 1.03 bits per heavy atom. The lowest BCUT2D eigenvalue weighted by molar-refractivity contribution is -0.188. The predicted octanol–water partition coefficient (Wildman–Crippen LogP) is -1.04. The highest BCUT2D eigenvalue weighted by Crippen LogP contribution is 2.26. The lowest BCUT2D eigenvalue weighted by Crippen LogP contribution is -2.63. The monoisotopic (exact) mass is 444 g/mol. The van der Waals surface area contributed by atoms with Crippen LogP contribution in [0.15, 0.2) is 11.8 Å². The van der Waals surface area contributed by atoms with Crippen LogP contribution in [-0.2, 0) is 47.7 Å². The molecule has 31 heavy (non-hydrogen) atoms. The summed E-state index contributed by atoms with van der Waals surface area (Å²) in [6.07, 6.45) is -2.46. The molecule has 0 saturated carbocycles. The van der Waals surface area contributed by atoms with Crippen molar-refractivity contribution in [1.29, 1.82) is 0 Å². The molecule has 0 fully saturated rings. The van der Waals surface area contributed by atoms with E-state index < -0.39 is 66.8 Å². The van der Waals surface area contributed by atoms with Gasteiger partial charge in [0.25, 0.3) is 0 Å². The summed E-state index contributed by atoms with van der Waals surface area (Å²) in [6, 6.07) is -1.52. The highest BCUT2D eigenvalue weighted by atomic mass is 16.6. The van der Waals surface area contributed by atoms with Gasteiger partial charge in [-0.1, -0.05) is 0 Å². The Balaban J connectivity index is 3.48. The molecule has 1 rings (SSSR count). The second-order valence-electron chi connectivity index (χ2n) is 6.67. The van der Waals surface area contributed by atoms with Crippen LogP contribution in [0.3, 0.4) is 0 Å². The lowest BCUT2D eigenvalue weighted by atomic mass is 9.91. The average molecular weight is 444 g/mol. The normalized spacial score (nSPS) is 22.0. The molecule has 0 aromatic heterocycles. The van der Waals surface area contributed by atoms with Gasteiger partial charge in [-0.15, -0.1) is 0 Å². The minimum absolute atomic E-state index is 0.209. The largest absolute Gasteiger partial charge is 0.477 e. The second-order valence-corrected chi connectivity index (χ2v) is 6.67. The number of ether oxygens (including phenoxy) is 5. The number of likely N-dealkylation sites (N-methyl/N-ethyl adjacent to an activating group) is 1. The van der Waals surface area contributed by atoms with Gasteiger partial charge in [-0.05, 0) is 13.1 Å². The van der Waals surface area contributed by atoms with Crippen molar-refractivity contribution < 1.29 is 47.7 Å². The van der Waals surface area contributed by atoms with Crippen molar-refractivity contribution >= 4 is 29.8 Å². The molecule has 12 nitrogen and oxygen atoms in total. The summed E-state index contributed by atoms with van der Waals surface area (Å²) in [7, 11) is 2.73. The molecule has 1 amide bonds. The van der Waals surface area contributed by atoms with Crippen molar-refractivity contribution in [2.24, 2.45) is 0 Å². The van der Waals surface area contributed by atoms with Crippen molar-refractivity contribution in [3.63, 3.8) is 0 Å². The first-order chi connectivity index (χ1) is 14.5. The Kier molecular flexibility index (Phi) is 9.93. The third-order valence-corrected chi connectivity index (χ3v) is 4.19. The molecular weight excluding hydrogens is 416 g/mol. The molecule has 0 spiro atoms. The third kappa shape index (κ3) is 7.89. The number of methoxy groups -OCH3 is 1. The van der Waals surface area contributed by atoms with Gasteiger partial charge in [-0.25, -0.2) is 4.79 Å². The van der Waals surface area contributed by atoms with Crippen LogP contribution in [0.4, 0.5) is 0 Å². The van der Waals surface area contributed by atoms with Gasteiger partial charge < -0.3 is 34.3 Å². The fraction of sp³-hybridized carbons (Fsp3) is 0.632. The van der Waals surface area contributed by atoms with Crippen molar-refractivity contribution in [3.05, 3.63) is 11.8 Å². The van der Waals surface area contributed by atoms with E-state index in [9.17, 15) is 24.0 Å². The van der Waals surface area contributed by atoms with Gasteiger partial charge in [0.15, 0.2) is 18.3 Å². The predicted molar refractivity (Wildman–Crippen MR) is 103 cm³/mol. The summed E-state index contributed by atoms with van der Waals surface area (Å²) in [5, 5.41) is 5.60. The van der Waals surface area contributed by atoms with Crippen molar-refractivity contribution in [3.8, 4) is 0 Å². The van der Waals surface area contributed by atoms with Crippen LogP contribution in [-0.4, -0.2) is 80.9 Å². The maximum absolute atomic E-state index is 12.1. The molecule has 2 N–H and O–H groups in total. The van der Waals surface area contributed by atoms with E-state index in [-0.39, 0.29) is 5.76 Å². The summed E-state index contributed by atoms with van der Waals surface area (Å²) >= 11 is 0. The average Bonchev–Trinajstić information content (AvgIpc) is 2.68. The first kappa shape index (κ1) is 25.9. The molecule has 0 aliphatic carbocycles. The van der Waals surface area contributed by atoms with E-state index in [4.69, 9.17) is 23.7 Å². The van der Waals surface area contributed by atoms with Crippen LogP contribution in [0.5, 0.6) is 0 Å². The Labute approximate surface area is 179 Å². The van der Waals surface area contributed by atoms with Crippen LogP contribution in [0.2, 0.25) is 0 Å². The Hall–Kier alpha value is -3.15. The Bertz CT molecular complexity index is 735. The number of amides is 1. The number of carbonyl (C=O) groups excluding carboxylic acids is 5. The van der Waals surface area contributed by atoms with Crippen LogP contribution in [0.1, 0.15) is 27.7 Å². The third-order valence-electron chi connectivity index (χ3n) is 4.19. The highest BCUT2D eigenvalue weighted by molar-refractivity contribution is 5.86. The van der Waals surface area contributed by atoms with E-state index in [0.717, 1.165) is 27.9 Å². The summed E-state index contributed by atoms with van der Waals surface area (Å²) in [5.74, 6) is -3.61. The zero-order chi connectivity index (χ0) is 23.7. The molecule has 0 saturated heterocycles. The quantitative estimate of drug-likeness (QED) is 0.331. The molecule has 1 heterocycles. The molecule has 1 aliphatic heterocycles. The fourth-order valence-electron chi connectivity index (χ4n) is 3.04. The topological polar surface area (TPSA) is 156 Å². The van der Waals surface area contributed by atoms with Crippen LogP contribution < -0.4 is 10.6 Å². The maximum Gasteiger partial charge on any atom is 0.373 e. The molecule has 0 aromatic rings. The SMILES string of the molecule is CN[C@H]1C=C(C(=O)OC)O[C@@H]([C@H](OC(C)=O)[C@@H](COC(C)=O)OC(C)=O)C1NC(C)=O. The Morgan fingerprint density at radius 3 is 2.10 bits per heavy atom. The molecule has 5 atom stereocenters. The van der Waals surface area contributed by atoms with Crippen molar-refractivity contribution in [2.75, 3.05) is 20.8 Å². The van der Waals surface area contributed by atoms with E-state index in [1.807, 2.05) is 0 Å². The molecule has 0 bridgehead atoms. The van der Waals surface area contributed by atoms with E-state index in [0.29, 0.717) is 0 Å². The first-order valence-corrected chi connectivity index (χ1v) is 9.39. The number of esters is 4. The minimum atomic E-state index is -1.36. The minimum Gasteiger partial charge on any atom is -0.477 e. The number of nitrogens with one attached hydrogen (secondary N) is 2. The molecule has 12 heteroatoms. The Morgan fingerprint density at radius 2 is 1.65 bits per heavy atom. The zero-order valence-electron chi connectivity index (χ0n) is 18.3. The van der Waals surface area contributed by atoms with E-state index in [2.05, 4.69) is 10.6 Å². The summed E-state index contributed by atoms with van der Waals surface area (Å²) in [5.41, 5.74) is 0. The van der Waals surface area contributed by atoms with E-state index in [1.54, 1.807) is 7.05 Å². The summed E-state index contributed by atoms with van der Waals surface area (Å²) < 4.78 is 26.0. The van der Waals surface area contributed by atoms with Gasteiger partial charge >= 0.3 is 23.9 Å². The molecule has 1 aliphatic rings. The number of hydrogen-bond acceptors (Lipinski definition) is 11. The molecule has 174 valence electrons. The van der Waals surface area contributed by atoms with Gasteiger partial charge in [0.1, 0.15) is 6.61 Å². The van der Waals surface area contributed by atoms with Gasteiger partial charge in [0.2, 0.25) is 11.7 Å². The standard InChI is InChI=1S/C19H28N2O10/c1-9(22)21-16-13(20-5)7-14(19(26)27-6)31-18(16)17(30-12(4)25)15(29-11(3)24)8-28-10(2)23/h7,13,15-18,20H,8H2,1-6H3,(H,21,22)/t13-,15+,16?,17+,18+/m0/s1. The molecular formula is C19H28N2O10. The maximum atomic E-state index is 12.1. The first-order valence-electron chi connectivity index (χ1n) is 9.39. The van der Waals surface area contributed by atoms with Gasteiger partial charge in [-0.3, -0.25) is 19.2 Å². The van der Waals surface area contributed by atoms with Crippen LogP contribution in [0, 0.1) is 0 Å². The molecule has 0 radical (unpaired) electrons. The summed E-state index contributed by atoms with van der Waals surface area (Å²) in [6.45, 7) is 4.20. The molecule has 0 aromatic carbocycles. The lowest BCUT2D eigenvalue weighted by Gasteiger charge is -2.41. The van der Waals surface area contributed by atoms with Gasteiger partial charge in [-0.2, -0.15) is 0 Å². The smallest absolute Gasteiger partial charge is 0.373 e. The number of rotatable bonds is 9. The highest BCUT2D eigenvalue weighted by Gasteiger charge is 2.47. The number of carbonyl (C=O) groups is 5. The van der Waals surface area contributed by atoms with Crippen molar-refractivity contribution in [1.82, 2.24) is 10.6 Å².